The predicted octanol–water partition coefficient (Wildman–Crippen LogP) is 5.28. The van der Waals surface area contributed by atoms with Crippen LogP contribution in [0.1, 0.15) is 16.2 Å². The number of hydrogen-bond acceptors (Lipinski definition) is 5. The smallest absolute Gasteiger partial charge is 0.337 e. The molecule has 3 rings (SSSR count). The first kappa shape index (κ1) is 18.0. The summed E-state index contributed by atoms with van der Waals surface area (Å²) in [6.45, 7) is 1.74. The van der Waals surface area contributed by atoms with Crippen molar-refractivity contribution in [3.63, 3.8) is 0 Å². The van der Waals surface area contributed by atoms with E-state index in [2.05, 4.69) is 20.6 Å². The molecule has 0 fully saturated rings. The zero-order valence-electron chi connectivity index (χ0n) is 13.6. The lowest BCUT2D eigenvalue weighted by atomic mass is 10.2. The highest BCUT2D eigenvalue weighted by Gasteiger charge is 2.11. The molecule has 26 heavy (non-hydrogen) atoms. The van der Waals surface area contributed by atoms with E-state index in [9.17, 15) is 9.90 Å². The molecule has 0 atom stereocenters. The highest BCUT2D eigenvalue weighted by molar-refractivity contribution is 6.36. The number of aryl methyl sites for hydroxylation is 1. The first-order valence-corrected chi connectivity index (χ1v) is 8.35. The Morgan fingerprint density at radius 2 is 1.62 bits per heavy atom. The second-order valence-electron chi connectivity index (χ2n) is 5.41. The zero-order valence-corrected chi connectivity index (χ0v) is 15.1. The lowest BCUT2D eigenvalue weighted by Crippen LogP contribution is -2.05. The first-order chi connectivity index (χ1) is 12.4. The van der Waals surface area contributed by atoms with Crippen LogP contribution < -0.4 is 10.6 Å². The van der Waals surface area contributed by atoms with E-state index < -0.39 is 5.97 Å². The van der Waals surface area contributed by atoms with Crippen LogP contribution >= 0.6 is 23.2 Å². The van der Waals surface area contributed by atoms with Crippen LogP contribution in [0, 0.1) is 6.92 Å². The standard InChI is InChI=1S/C18H14Cl2N4O2/c1-10-21-16(23-14-5-3-2-4-12(14)18(25)26)9-17(22-10)24-15-7-6-11(19)8-13(15)20/h2-9H,1H3,(H,25,26)(H2,21,22,23,24). The van der Waals surface area contributed by atoms with Crippen molar-refractivity contribution in [3.8, 4) is 0 Å². The van der Waals surface area contributed by atoms with Gasteiger partial charge in [0.05, 0.1) is 22.0 Å². The number of anilines is 4. The maximum atomic E-state index is 11.3. The number of benzene rings is 2. The molecule has 3 aromatic rings. The van der Waals surface area contributed by atoms with Gasteiger partial charge in [0.1, 0.15) is 17.5 Å². The third kappa shape index (κ3) is 4.22. The minimum Gasteiger partial charge on any atom is -0.478 e. The van der Waals surface area contributed by atoms with E-state index in [0.717, 1.165) is 0 Å². The van der Waals surface area contributed by atoms with Crippen molar-refractivity contribution in [1.29, 1.82) is 0 Å². The first-order valence-electron chi connectivity index (χ1n) is 7.59. The summed E-state index contributed by atoms with van der Waals surface area (Å²) in [7, 11) is 0. The number of rotatable bonds is 5. The molecule has 1 aromatic heterocycles. The highest BCUT2D eigenvalue weighted by Crippen LogP contribution is 2.29. The Bertz CT molecular complexity index is 979. The average Bonchev–Trinajstić information content (AvgIpc) is 2.57. The number of halogens is 2. The van der Waals surface area contributed by atoms with Gasteiger partial charge >= 0.3 is 5.97 Å². The normalized spacial score (nSPS) is 10.4. The molecule has 6 nitrogen and oxygen atoms in total. The summed E-state index contributed by atoms with van der Waals surface area (Å²) in [6, 6.07) is 13.3. The van der Waals surface area contributed by atoms with Crippen LogP contribution in [0.5, 0.6) is 0 Å². The summed E-state index contributed by atoms with van der Waals surface area (Å²) in [5, 5.41) is 16.4. The number of carboxylic acid groups (broad SMARTS) is 1. The Morgan fingerprint density at radius 3 is 2.27 bits per heavy atom. The lowest BCUT2D eigenvalue weighted by Gasteiger charge is -2.12. The maximum Gasteiger partial charge on any atom is 0.337 e. The molecule has 0 aliphatic rings. The van der Waals surface area contributed by atoms with E-state index >= 15 is 0 Å². The maximum absolute atomic E-state index is 11.3. The molecule has 0 amide bonds. The molecule has 0 spiro atoms. The van der Waals surface area contributed by atoms with E-state index in [4.69, 9.17) is 23.2 Å². The Balaban J connectivity index is 1.90. The molecule has 0 radical (unpaired) electrons. The number of carbonyl (C=O) groups is 1. The van der Waals surface area contributed by atoms with E-state index in [1.807, 2.05) is 0 Å². The number of hydrogen-bond donors (Lipinski definition) is 3. The number of aromatic nitrogens is 2. The number of nitrogens with one attached hydrogen (secondary N) is 2. The van der Waals surface area contributed by atoms with Gasteiger partial charge in [-0.15, -0.1) is 0 Å². The molecule has 0 saturated heterocycles. The van der Waals surface area contributed by atoms with E-state index in [0.29, 0.717) is 38.9 Å². The largest absolute Gasteiger partial charge is 0.478 e. The van der Waals surface area contributed by atoms with Gasteiger partial charge in [0, 0.05) is 11.1 Å². The topological polar surface area (TPSA) is 87.1 Å². The van der Waals surface area contributed by atoms with Crippen LogP contribution in [0.15, 0.2) is 48.5 Å². The van der Waals surface area contributed by atoms with Gasteiger partial charge in [-0.25, -0.2) is 14.8 Å². The Kier molecular flexibility index (Phi) is 5.25. The fourth-order valence-corrected chi connectivity index (χ4v) is 2.80. The summed E-state index contributed by atoms with van der Waals surface area (Å²) in [6.07, 6.45) is 0. The van der Waals surface area contributed by atoms with Gasteiger partial charge in [0.15, 0.2) is 0 Å². The highest BCUT2D eigenvalue weighted by atomic mass is 35.5. The minimum absolute atomic E-state index is 0.152. The van der Waals surface area contributed by atoms with Gasteiger partial charge in [0.2, 0.25) is 0 Å². The van der Waals surface area contributed by atoms with Gasteiger partial charge in [-0.2, -0.15) is 0 Å². The van der Waals surface area contributed by atoms with Crippen LogP contribution in [-0.2, 0) is 0 Å². The van der Waals surface area contributed by atoms with Crippen molar-refractivity contribution in [2.24, 2.45) is 0 Å². The molecular formula is C18H14Cl2N4O2. The molecule has 3 N–H and O–H groups in total. The molecule has 2 aromatic carbocycles. The van der Waals surface area contributed by atoms with Crippen LogP contribution in [0.2, 0.25) is 10.0 Å². The molecule has 0 saturated carbocycles. The molecule has 0 aliphatic heterocycles. The second-order valence-corrected chi connectivity index (χ2v) is 6.25. The van der Waals surface area contributed by atoms with Crippen LogP contribution in [0.3, 0.4) is 0 Å². The molecule has 0 bridgehead atoms. The third-order valence-corrected chi connectivity index (χ3v) is 4.00. The third-order valence-electron chi connectivity index (χ3n) is 3.45. The van der Waals surface area contributed by atoms with Crippen molar-refractivity contribution in [3.05, 3.63) is 70.0 Å². The van der Waals surface area contributed by atoms with Gasteiger partial charge in [-0.05, 0) is 37.3 Å². The zero-order chi connectivity index (χ0) is 18.7. The SMILES string of the molecule is Cc1nc(Nc2ccc(Cl)cc2Cl)cc(Nc2ccccc2C(=O)O)n1. The Hall–Kier alpha value is -2.83. The van der Waals surface area contributed by atoms with E-state index in [1.165, 1.54) is 6.07 Å². The number of nitrogens with zero attached hydrogens (tertiary/aromatic N) is 2. The lowest BCUT2D eigenvalue weighted by molar-refractivity contribution is 0.0698. The van der Waals surface area contributed by atoms with Gasteiger partial charge in [-0.1, -0.05) is 35.3 Å². The summed E-state index contributed by atoms with van der Waals surface area (Å²) < 4.78 is 0. The van der Waals surface area contributed by atoms with Crippen LogP contribution in [0.4, 0.5) is 23.0 Å². The van der Waals surface area contributed by atoms with Crippen LogP contribution in [-0.4, -0.2) is 21.0 Å². The van der Waals surface area contributed by atoms with Crippen molar-refractivity contribution >= 4 is 52.2 Å². The molecule has 0 unspecified atom stereocenters. The van der Waals surface area contributed by atoms with E-state index in [1.54, 1.807) is 49.4 Å². The average molecular weight is 389 g/mol. The monoisotopic (exact) mass is 388 g/mol. The van der Waals surface area contributed by atoms with Crippen molar-refractivity contribution in [2.75, 3.05) is 10.6 Å². The molecule has 132 valence electrons. The fraction of sp³-hybridized carbons (Fsp3) is 0.0556. The molecular weight excluding hydrogens is 375 g/mol. The number of aromatic carboxylic acids is 1. The number of carboxylic acids is 1. The summed E-state index contributed by atoms with van der Waals surface area (Å²) in [5.41, 5.74) is 1.23. The second kappa shape index (κ2) is 7.59. The van der Waals surface area contributed by atoms with Crippen LogP contribution in [0.25, 0.3) is 0 Å². The predicted molar refractivity (Wildman–Crippen MR) is 103 cm³/mol. The minimum atomic E-state index is -1.02. The van der Waals surface area contributed by atoms with Gasteiger partial charge in [-0.3, -0.25) is 0 Å². The summed E-state index contributed by atoms with van der Waals surface area (Å²) in [5.74, 6) is 0.455. The van der Waals surface area contributed by atoms with Gasteiger partial charge < -0.3 is 15.7 Å². The summed E-state index contributed by atoms with van der Waals surface area (Å²) in [4.78, 5) is 20.0. The van der Waals surface area contributed by atoms with Crippen molar-refractivity contribution < 1.29 is 9.90 Å². The fourth-order valence-electron chi connectivity index (χ4n) is 2.34. The Labute approximate surface area is 159 Å². The van der Waals surface area contributed by atoms with Gasteiger partial charge in [0.25, 0.3) is 0 Å². The molecule has 1 heterocycles. The van der Waals surface area contributed by atoms with Crippen molar-refractivity contribution in [1.82, 2.24) is 9.97 Å². The van der Waals surface area contributed by atoms with E-state index in [-0.39, 0.29) is 5.56 Å². The Morgan fingerprint density at radius 1 is 0.962 bits per heavy atom. The summed E-state index contributed by atoms with van der Waals surface area (Å²) >= 11 is 12.1. The van der Waals surface area contributed by atoms with Crippen molar-refractivity contribution in [2.45, 2.75) is 6.92 Å². The number of para-hydroxylation sites is 1. The molecule has 8 heteroatoms. The molecule has 0 aliphatic carbocycles. The quantitative estimate of drug-likeness (QED) is 0.551.